The number of nitrogens with two attached hydrogens (primary N) is 2. The van der Waals surface area contributed by atoms with Crippen LogP contribution in [0.3, 0.4) is 0 Å². The van der Waals surface area contributed by atoms with Crippen molar-refractivity contribution in [2.75, 3.05) is 11.1 Å². The van der Waals surface area contributed by atoms with Gasteiger partial charge in [-0.25, -0.2) is 4.39 Å². The molecule has 2 aromatic rings. The number of nitrogens with one attached hydrogen (secondary N) is 1. The predicted molar refractivity (Wildman–Crippen MR) is 99.5 cm³/mol. The number of anilines is 2. The van der Waals surface area contributed by atoms with Crippen molar-refractivity contribution >= 4 is 23.5 Å². The number of carbonyl (C=O) groups excluding carboxylic acids is 1. The Labute approximate surface area is 145 Å². The number of amides is 1. The fraction of sp³-hybridized carbons (Fsp3) is 0.0526. The molecule has 2 rings (SSSR count). The van der Waals surface area contributed by atoms with E-state index in [9.17, 15) is 9.18 Å². The van der Waals surface area contributed by atoms with Crippen LogP contribution in [0.5, 0.6) is 0 Å². The zero-order valence-electron chi connectivity index (χ0n) is 13.5. The molecule has 5 nitrogen and oxygen atoms in total. The van der Waals surface area contributed by atoms with E-state index in [0.717, 1.165) is 5.56 Å². The molecule has 0 aliphatic rings. The third-order valence-corrected chi connectivity index (χ3v) is 3.27. The number of benzene rings is 2. The average molecular weight is 338 g/mol. The Morgan fingerprint density at radius 2 is 1.84 bits per heavy atom. The van der Waals surface area contributed by atoms with Crippen molar-refractivity contribution in [3.05, 3.63) is 83.8 Å². The SMILES string of the molecule is NC=C(C=NCc1ccc(F)cc1)/C=C/C(=O)Nc1ccccc1N. The minimum absolute atomic E-state index is 0.289. The average Bonchev–Trinajstić information content (AvgIpc) is 2.61. The summed E-state index contributed by atoms with van der Waals surface area (Å²) in [5, 5.41) is 2.68. The maximum Gasteiger partial charge on any atom is 0.248 e. The predicted octanol–water partition coefficient (Wildman–Crippen LogP) is 3.02. The Morgan fingerprint density at radius 3 is 2.52 bits per heavy atom. The first-order valence-corrected chi connectivity index (χ1v) is 7.58. The van der Waals surface area contributed by atoms with Crippen LogP contribution in [0.2, 0.25) is 0 Å². The van der Waals surface area contributed by atoms with E-state index in [-0.39, 0.29) is 11.7 Å². The van der Waals surface area contributed by atoms with E-state index in [2.05, 4.69) is 10.3 Å². The van der Waals surface area contributed by atoms with E-state index in [4.69, 9.17) is 11.5 Å². The van der Waals surface area contributed by atoms with Gasteiger partial charge >= 0.3 is 0 Å². The van der Waals surface area contributed by atoms with Crippen LogP contribution in [-0.2, 0) is 11.3 Å². The largest absolute Gasteiger partial charge is 0.404 e. The molecule has 0 spiro atoms. The molecule has 0 aromatic heterocycles. The van der Waals surface area contributed by atoms with E-state index in [0.29, 0.717) is 23.5 Å². The lowest BCUT2D eigenvalue weighted by Gasteiger charge is -2.04. The quantitative estimate of drug-likeness (QED) is 0.327. The Bertz CT molecular complexity index is 810. The molecule has 0 heterocycles. The van der Waals surface area contributed by atoms with Crippen molar-refractivity contribution in [3.63, 3.8) is 0 Å². The highest BCUT2D eigenvalue weighted by Crippen LogP contribution is 2.16. The second-order valence-corrected chi connectivity index (χ2v) is 5.17. The third-order valence-electron chi connectivity index (χ3n) is 3.27. The second-order valence-electron chi connectivity index (χ2n) is 5.17. The van der Waals surface area contributed by atoms with Crippen LogP contribution in [0.15, 0.2) is 77.4 Å². The van der Waals surface area contributed by atoms with Gasteiger partial charge in [-0.1, -0.05) is 24.3 Å². The van der Waals surface area contributed by atoms with Crippen LogP contribution in [0, 0.1) is 5.82 Å². The first-order valence-electron chi connectivity index (χ1n) is 7.58. The van der Waals surface area contributed by atoms with E-state index in [1.807, 2.05) is 0 Å². The molecule has 0 radical (unpaired) electrons. The fourth-order valence-corrected chi connectivity index (χ4v) is 1.95. The van der Waals surface area contributed by atoms with Gasteiger partial charge in [-0.15, -0.1) is 0 Å². The molecule has 0 aliphatic heterocycles. The number of aliphatic imine (C=N–C) groups is 1. The molecule has 0 saturated heterocycles. The van der Waals surface area contributed by atoms with Gasteiger partial charge in [0.05, 0.1) is 17.9 Å². The summed E-state index contributed by atoms with van der Waals surface area (Å²) in [6.07, 6.45) is 5.77. The normalized spacial score (nSPS) is 12.0. The Morgan fingerprint density at radius 1 is 1.12 bits per heavy atom. The monoisotopic (exact) mass is 338 g/mol. The molecule has 0 aliphatic carbocycles. The van der Waals surface area contributed by atoms with Gasteiger partial charge in [0, 0.05) is 24.1 Å². The molecule has 128 valence electrons. The molecule has 6 heteroatoms. The van der Waals surface area contributed by atoms with Crippen molar-refractivity contribution in [1.82, 2.24) is 0 Å². The molecule has 25 heavy (non-hydrogen) atoms. The maximum atomic E-state index is 12.8. The molecule has 2 aromatic carbocycles. The van der Waals surface area contributed by atoms with E-state index in [1.165, 1.54) is 24.4 Å². The minimum Gasteiger partial charge on any atom is -0.404 e. The van der Waals surface area contributed by atoms with Crippen LogP contribution in [0.4, 0.5) is 15.8 Å². The summed E-state index contributed by atoms with van der Waals surface area (Å²) in [7, 11) is 0. The highest BCUT2D eigenvalue weighted by atomic mass is 19.1. The molecular formula is C19H19FN4O. The van der Waals surface area contributed by atoms with Crippen LogP contribution in [-0.4, -0.2) is 12.1 Å². The second kappa shape index (κ2) is 9.02. The van der Waals surface area contributed by atoms with Gasteiger partial charge in [0.1, 0.15) is 5.82 Å². The first-order chi connectivity index (χ1) is 12.1. The number of rotatable bonds is 6. The number of hydrogen-bond acceptors (Lipinski definition) is 4. The van der Waals surface area contributed by atoms with Gasteiger partial charge in [-0.05, 0) is 35.9 Å². The highest BCUT2D eigenvalue weighted by Gasteiger charge is 2.01. The van der Waals surface area contributed by atoms with Gasteiger partial charge in [-0.3, -0.25) is 9.79 Å². The molecule has 5 N–H and O–H groups in total. The van der Waals surface area contributed by atoms with E-state index >= 15 is 0 Å². The number of halogens is 1. The lowest BCUT2D eigenvalue weighted by molar-refractivity contribution is -0.111. The van der Waals surface area contributed by atoms with Gasteiger partial charge < -0.3 is 16.8 Å². The molecule has 0 bridgehead atoms. The summed E-state index contributed by atoms with van der Waals surface area (Å²) in [4.78, 5) is 16.1. The van der Waals surface area contributed by atoms with Gasteiger partial charge in [-0.2, -0.15) is 0 Å². The van der Waals surface area contributed by atoms with Crippen LogP contribution in [0.25, 0.3) is 0 Å². The Hall–Kier alpha value is -3.41. The standard InChI is InChI=1S/C19H19FN4O/c20-16-8-5-14(6-9-16)12-23-13-15(11-21)7-10-19(25)24-18-4-2-1-3-17(18)22/h1-11,13H,12,21-22H2,(H,24,25)/b10-7+,15-11?,23-13?. The van der Waals surface area contributed by atoms with Crippen molar-refractivity contribution < 1.29 is 9.18 Å². The van der Waals surface area contributed by atoms with Crippen LogP contribution in [0.1, 0.15) is 5.56 Å². The van der Waals surface area contributed by atoms with E-state index < -0.39 is 0 Å². The van der Waals surface area contributed by atoms with Crippen LogP contribution < -0.4 is 16.8 Å². The van der Waals surface area contributed by atoms with Gasteiger partial charge in [0.15, 0.2) is 0 Å². The number of nitrogen functional groups attached to an aromatic ring is 1. The molecule has 1 amide bonds. The topological polar surface area (TPSA) is 93.5 Å². The van der Waals surface area contributed by atoms with Gasteiger partial charge in [0.2, 0.25) is 5.91 Å². The van der Waals surface area contributed by atoms with Gasteiger partial charge in [0.25, 0.3) is 0 Å². The summed E-state index contributed by atoms with van der Waals surface area (Å²) in [6, 6.07) is 13.1. The minimum atomic E-state index is -0.329. The maximum absolute atomic E-state index is 12.8. The van der Waals surface area contributed by atoms with Crippen LogP contribution >= 0.6 is 0 Å². The van der Waals surface area contributed by atoms with Crippen molar-refractivity contribution in [3.8, 4) is 0 Å². The summed E-state index contributed by atoms with van der Waals surface area (Å²) < 4.78 is 12.8. The summed E-state index contributed by atoms with van der Waals surface area (Å²) >= 11 is 0. The Balaban J connectivity index is 1.91. The summed E-state index contributed by atoms with van der Waals surface area (Å²) in [5.41, 5.74) is 13.8. The lowest BCUT2D eigenvalue weighted by atomic mass is 10.2. The zero-order chi connectivity index (χ0) is 18.1. The van der Waals surface area contributed by atoms with Crippen molar-refractivity contribution in [2.45, 2.75) is 6.54 Å². The Kier molecular flexibility index (Phi) is 6.47. The number of hydrogen-bond donors (Lipinski definition) is 3. The van der Waals surface area contributed by atoms with Crippen molar-refractivity contribution in [1.29, 1.82) is 0 Å². The van der Waals surface area contributed by atoms with E-state index in [1.54, 1.807) is 48.7 Å². The number of carbonyl (C=O) groups is 1. The highest BCUT2D eigenvalue weighted by molar-refractivity contribution is 6.02. The summed E-state index contributed by atoms with van der Waals surface area (Å²) in [6.45, 7) is 0.387. The molecule has 0 fully saturated rings. The number of allylic oxidation sites excluding steroid dienone is 2. The summed E-state index contributed by atoms with van der Waals surface area (Å²) in [5.74, 6) is -0.618. The first kappa shape index (κ1) is 17.9. The molecule has 0 atom stereocenters. The number of para-hydroxylation sites is 2. The third kappa shape index (κ3) is 5.95. The molecule has 0 unspecified atom stereocenters. The number of nitrogens with zero attached hydrogens (tertiary/aromatic N) is 1. The smallest absolute Gasteiger partial charge is 0.248 e. The fourth-order valence-electron chi connectivity index (χ4n) is 1.95. The zero-order valence-corrected chi connectivity index (χ0v) is 13.5. The van der Waals surface area contributed by atoms with Crippen molar-refractivity contribution in [2.24, 2.45) is 10.7 Å². The molecule has 0 saturated carbocycles. The lowest BCUT2D eigenvalue weighted by Crippen LogP contribution is -2.09. The molecular weight excluding hydrogens is 319 g/mol.